The van der Waals surface area contributed by atoms with Crippen molar-refractivity contribution in [3.05, 3.63) is 22.8 Å². The number of hydrogen-bond acceptors (Lipinski definition) is 3. The van der Waals surface area contributed by atoms with Crippen LogP contribution in [0.3, 0.4) is 0 Å². The fraction of sp³-hybridized carbons (Fsp3) is 0.667. The van der Waals surface area contributed by atoms with Crippen LogP contribution in [0.25, 0.3) is 0 Å². The second-order valence-corrected chi connectivity index (χ2v) is 6.67. The molecular weight excluding hydrogens is 302 g/mol. The zero-order valence-electron chi connectivity index (χ0n) is 11.9. The normalized spacial score (nSPS) is 20.0. The summed E-state index contributed by atoms with van der Waals surface area (Å²) >= 11 is 3.60. The Kier molecular flexibility index (Phi) is 5.64. The van der Waals surface area contributed by atoms with Crippen LogP contribution < -0.4 is 10.2 Å². The van der Waals surface area contributed by atoms with Crippen LogP contribution >= 0.6 is 15.9 Å². The van der Waals surface area contributed by atoms with Crippen molar-refractivity contribution in [3.63, 3.8) is 0 Å². The van der Waals surface area contributed by atoms with Crippen LogP contribution in [-0.4, -0.2) is 31.2 Å². The Morgan fingerprint density at radius 3 is 3.11 bits per heavy atom. The molecule has 0 aliphatic carbocycles. The van der Waals surface area contributed by atoms with E-state index < -0.39 is 0 Å². The van der Waals surface area contributed by atoms with E-state index in [1.54, 1.807) is 0 Å². The molecule has 0 bridgehead atoms. The van der Waals surface area contributed by atoms with Gasteiger partial charge < -0.3 is 10.2 Å². The highest BCUT2D eigenvalue weighted by atomic mass is 79.9. The van der Waals surface area contributed by atoms with Crippen LogP contribution in [-0.2, 0) is 0 Å². The maximum Gasteiger partial charge on any atom is 0.142 e. The highest BCUT2D eigenvalue weighted by molar-refractivity contribution is 9.10. The van der Waals surface area contributed by atoms with E-state index in [2.05, 4.69) is 51.0 Å². The van der Waals surface area contributed by atoms with E-state index in [1.807, 2.05) is 12.3 Å². The fourth-order valence-corrected chi connectivity index (χ4v) is 3.12. The molecule has 0 radical (unpaired) electrons. The average molecular weight is 326 g/mol. The van der Waals surface area contributed by atoms with Crippen LogP contribution in [0.2, 0.25) is 0 Å². The predicted octanol–water partition coefficient (Wildman–Crippen LogP) is 3.31. The lowest BCUT2D eigenvalue weighted by Gasteiger charge is -2.34. The first-order chi connectivity index (χ1) is 9.16. The van der Waals surface area contributed by atoms with Gasteiger partial charge in [-0.2, -0.15) is 0 Å². The Morgan fingerprint density at radius 2 is 2.37 bits per heavy atom. The van der Waals surface area contributed by atoms with E-state index in [-0.39, 0.29) is 0 Å². The summed E-state index contributed by atoms with van der Waals surface area (Å²) < 4.78 is 1.10. The number of rotatable bonds is 5. The molecule has 0 aromatic carbocycles. The molecule has 0 saturated carbocycles. The van der Waals surface area contributed by atoms with Gasteiger partial charge in [-0.15, -0.1) is 0 Å². The third-order valence-corrected chi connectivity index (χ3v) is 4.16. The molecule has 1 N–H and O–H groups in total. The van der Waals surface area contributed by atoms with E-state index in [0.29, 0.717) is 0 Å². The van der Waals surface area contributed by atoms with Crippen LogP contribution in [0.4, 0.5) is 5.82 Å². The molecule has 0 spiro atoms. The minimum absolute atomic E-state index is 0.727. The molecule has 1 unspecified atom stereocenters. The van der Waals surface area contributed by atoms with Gasteiger partial charge >= 0.3 is 0 Å². The van der Waals surface area contributed by atoms with Gasteiger partial charge in [0, 0.05) is 19.3 Å². The van der Waals surface area contributed by atoms with Crippen molar-refractivity contribution in [3.8, 4) is 0 Å². The fourth-order valence-electron chi connectivity index (χ4n) is 2.61. The number of nitrogens with zero attached hydrogens (tertiary/aromatic N) is 2. The number of aromatic nitrogens is 1. The lowest BCUT2D eigenvalue weighted by molar-refractivity contribution is 0.381. The second kappa shape index (κ2) is 7.25. The van der Waals surface area contributed by atoms with Gasteiger partial charge in [-0.1, -0.05) is 13.8 Å². The molecule has 1 fully saturated rings. The van der Waals surface area contributed by atoms with Gasteiger partial charge in [-0.05, 0) is 65.8 Å². The van der Waals surface area contributed by atoms with E-state index in [4.69, 9.17) is 0 Å². The van der Waals surface area contributed by atoms with Crippen LogP contribution in [0, 0.1) is 11.8 Å². The minimum atomic E-state index is 0.727. The lowest BCUT2D eigenvalue weighted by atomic mass is 9.98. The molecule has 2 heterocycles. The van der Waals surface area contributed by atoms with Crippen molar-refractivity contribution in [1.82, 2.24) is 10.3 Å². The highest BCUT2D eigenvalue weighted by Gasteiger charge is 2.21. The number of anilines is 1. The Bertz CT molecular complexity index is 395. The highest BCUT2D eigenvalue weighted by Crippen LogP contribution is 2.27. The lowest BCUT2D eigenvalue weighted by Crippen LogP contribution is -2.40. The molecule has 1 aromatic heterocycles. The van der Waals surface area contributed by atoms with Crippen molar-refractivity contribution in [2.45, 2.75) is 26.7 Å². The predicted molar refractivity (Wildman–Crippen MR) is 84.6 cm³/mol. The van der Waals surface area contributed by atoms with Crippen molar-refractivity contribution in [2.24, 2.45) is 11.8 Å². The number of halogens is 1. The molecular formula is C15H24BrN3. The monoisotopic (exact) mass is 325 g/mol. The Balaban J connectivity index is 1.88. The molecule has 4 heteroatoms. The van der Waals surface area contributed by atoms with Crippen LogP contribution in [0.1, 0.15) is 26.7 Å². The zero-order chi connectivity index (χ0) is 13.7. The summed E-state index contributed by atoms with van der Waals surface area (Å²) in [4.78, 5) is 6.92. The SMILES string of the molecule is CC(C)CNCC1CCCN(c2ncccc2Br)C1. The molecule has 0 amide bonds. The Hall–Kier alpha value is -0.610. The van der Waals surface area contributed by atoms with Crippen molar-refractivity contribution >= 4 is 21.7 Å². The topological polar surface area (TPSA) is 28.2 Å². The molecule has 1 saturated heterocycles. The molecule has 19 heavy (non-hydrogen) atoms. The third-order valence-electron chi connectivity index (χ3n) is 3.54. The number of pyridine rings is 1. The second-order valence-electron chi connectivity index (χ2n) is 5.82. The zero-order valence-corrected chi connectivity index (χ0v) is 13.5. The van der Waals surface area contributed by atoms with E-state index in [9.17, 15) is 0 Å². The summed E-state index contributed by atoms with van der Waals surface area (Å²) in [5, 5.41) is 3.58. The van der Waals surface area contributed by atoms with Gasteiger partial charge in [-0.3, -0.25) is 0 Å². The first kappa shape index (κ1) is 14.8. The summed E-state index contributed by atoms with van der Waals surface area (Å²) in [5.41, 5.74) is 0. The number of piperidine rings is 1. The maximum absolute atomic E-state index is 4.50. The Labute approximate surface area is 124 Å². The van der Waals surface area contributed by atoms with Crippen molar-refractivity contribution < 1.29 is 0 Å². The minimum Gasteiger partial charge on any atom is -0.355 e. The first-order valence-corrected chi connectivity index (χ1v) is 8.02. The molecule has 1 aliphatic heterocycles. The molecule has 1 aromatic rings. The van der Waals surface area contributed by atoms with E-state index in [1.165, 1.54) is 12.8 Å². The van der Waals surface area contributed by atoms with Crippen LogP contribution in [0.15, 0.2) is 22.8 Å². The number of hydrogen-bond donors (Lipinski definition) is 1. The molecule has 1 atom stereocenters. The summed E-state index contributed by atoms with van der Waals surface area (Å²) in [7, 11) is 0. The molecule has 1 aliphatic rings. The summed E-state index contributed by atoms with van der Waals surface area (Å²) in [6, 6.07) is 4.04. The third kappa shape index (κ3) is 4.46. The first-order valence-electron chi connectivity index (χ1n) is 7.23. The Morgan fingerprint density at radius 1 is 1.53 bits per heavy atom. The molecule has 106 valence electrons. The standard InChI is InChI=1S/C15H24BrN3/c1-12(2)9-17-10-13-5-4-8-19(11-13)15-14(16)6-3-7-18-15/h3,6-7,12-13,17H,4-5,8-11H2,1-2H3. The van der Waals surface area contributed by atoms with Crippen molar-refractivity contribution in [2.75, 3.05) is 31.1 Å². The quantitative estimate of drug-likeness (QED) is 0.900. The van der Waals surface area contributed by atoms with E-state index >= 15 is 0 Å². The van der Waals surface area contributed by atoms with E-state index in [0.717, 1.165) is 48.3 Å². The summed E-state index contributed by atoms with van der Waals surface area (Å²) in [5.74, 6) is 2.56. The largest absolute Gasteiger partial charge is 0.355 e. The average Bonchev–Trinajstić information content (AvgIpc) is 2.39. The van der Waals surface area contributed by atoms with Crippen molar-refractivity contribution in [1.29, 1.82) is 0 Å². The van der Waals surface area contributed by atoms with Gasteiger partial charge in [0.2, 0.25) is 0 Å². The maximum atomic E-state index is 4.50. The van der Waals surface area contributed by atoms with Gasteiger partial charge in [0.1, 0.15) is 5.82 Å². The van der Waals surface area contributed by atoms with Gasteiger partial charge in [-0.25, -0.2) is 4.98 Å². The smallest absolute Gasteiger partial charge is 0.142 e. The van der Waals surface area contributed by atoms with Gasteiger partial charge in [0.15, 0.2) is 0 Å². The van der Waals surface area contributed by atoms with Crippen LogP contribution in [0.5, 0.6) is 0 Å². The summed E-state index contributed by atoms with van der Waals surface area (Å²) in [6.07, 6.45) is 4.46. The summed E-state index contributed by atoms with van der Waals surface area (Å²) in [6.45, 7) is 8.98. The molecule has 2 rings (SSSR count). The van der Waals surface area contributed by atoms with Gasteiger partial charge in [0.05, 0.1) is 4.47 Å². The van der Waals surface area contributed by atoms with Gasteiger partial charge in [0.25, 0.3) is 0 Å². The molecule has 3 nitrogen and oxygen atoms in total. The number of nitrogens with one attached hydrogen (secondary N) is 1.